The average molecular weight is 582 g/mol. The lowest BCUT2D eigenvalue weighted by Crippen LogP contribution is -2.12. The number of hydrogen-bond acceptors (Lipinski definition) is 8. The lowest BCUT2D eigenvalue weighted by molar-refractivity contribution is -0.138. The van der Waals surface area contributed by atoms with Gasteiger partial charge in [0.1, 0.15) is 22.9 Å². The Bertz CT molecular complexity index is 1480. The van der Waals surface area contributed by atoms with Gasteiger partial charge in [0, 0.05) is 18.8 Å². The second kappa shape index (κ2) is 13.3. The molecule has 222 valence electrons. The third-order valence-corrected chi connectivity index (χ3v) is 6.59. The Balaban J connectivity index is 1.66. The van der Waals surface area contributed by atoms with E-state index in [2.05, 4.69) is 25.9 Å². The first kappa shape index (κ1) is 30.3. The zero-order chi connectivity index (χ0) is 30.3. The Kier molecular flexibility index (Phi) is 9.61. The molecule has 4 aromatic rings. The smallest absolute Gasteiger partial charge is 0.420 e. The summed E-state index contributed by atoms with van der Waals surface area (Å²) in [6.07, 6.45) is -3.06. The molecule has 0 atom stereocenters. The molecule has 0 aliphatic rings. The van der Waals surface area contributed by atoms with Crippen LogP contribution in [0.5, 0.6) is 17.2 Å². The summed E-state index contributed by atoms with van der Waals surface area (Å²) in [5.74, 6) is 1.92. The van der Waals surface area contributed by atoms with Crippen LogP contribution in [0.2, 0.25) is 0 Å². The van der Waals surface area contributed by atoms with E-state index < -0.39 is 11.7 Å². The topological polar surface area (TPSA) is 89.6 Å². The van der Waals surface area contributed by atoms with Crippen LogP contribution in [0.15, 0.2) is 66.9 Å². The Morgan fingerprint density at radius 3 is 1.83 bits per heavy atom. The number of rotatable bonds is 12. The number of anilines is 4. The highest BCUT2D eigenvalue weighted by Gasteiger charge is 2.35. The Morgan fingerprint density at radius 2 is 1.33 bits per heavy atom. The zero-order valence-corrected chi connectivity index (χ0v) is 24.1. The number of benzene rings is 3. The molecule has 42 heavy (non-hydrogen) atoms. The van der Waals surface area contributed by atoms with Crippen LogP contribution >= 0.6 is 0 Å². The van der Waals surface area contributed by atoms with Gasteiger partial charge in [0.25, 0.3) is 0 Å². The number of methoxy groups -OCH3 is 3. The van der Waals surface area contributed by atoms with Crippen LogP contribution in [0.1, 0.15) is 42.0 Å². The first-order valence-electron chi connectivity index (χ1n) is 13.3. The van der Waals surface area contributed by atoms with E-state index in [0.717, 1.165) is 28.7 Å². The van der Waals surface area contributed by atoms with Crippen LogP contribution in [0.4, 0.5) is 36.3 Å². The maximum absolute atomic E-state index is 13.9. The average Bonchev–Trinajstić information content (AvgIpc) is 2.99. The highest BCUT2D eigenvalue weighted by Crippen LogP contribution is 2.42. The van der Waals surface area contributed by atoms with Gasteiger partial charge in [-0.05, 0) is 59.0 Å². The maximum Gasteiger partial charge on any atom is 0.420 e. The van der Waals surface area contributed by atoms with Crippen molar-refractivity contribution in [1.29, 1.82) is 0 Å². The van der Waals surface area contributed by atoms with Crippen molar-refractivity contribution in [2.75, 3.05) is 37.3 Å². The molecule has 8 nitrogen and oxygen atoms in total. The van der Waals surface area contributed by atoms with Crippen LogP contribution in [0, 0.1) is 0 Å². The van der Waals surface area contributed by atoms with E-state index in [1.807, 2.05) is 62.4 Å². The molecule has 1 heterocycles. The normalized spacial score (nSPS) is 11.3. The molecule has 3 N–H and O–H groups in total. The van der Waals surface area contributed by atoms with Crippen molar-refractivity contribution >= 4 is 23.1 Å². The van der Waals surface area contributed by atoms with Crippen molar-refractivity contribution in [3.63, 3.8) is 0 Å². The lowest BCUT2D eigenvalue weighted by atomic mass is 9.97. The fraction of sp³-hybridized carbons (Fsp3) is 0.290. The lowest BCUT2D eigenvalue weighted by Gasteiger charge is -2.21. The van der Waals surface area contributed by atoms with Gasteiger partial charge in [-0.25, -0.2) is 4.98 Å². The number of ether oxygens (including phenoxy) is 3. The van der Waals surface area contributed by atoms with Crippen LogP contribution < -0.4 is 30.2 Å². The molecule has 4 rings (SSSR count). The monoisotopic (exact) mass is 581 g/mol. The summed E-state index contributed by atoms with van der Waals surface area (Å²) in [6.45, 7) is 4.66. The second-order valence-electron chi connectivity index (χ2n) is 9.78. The van der Waals surface area contributed by atoms with Gasteiger partial charge in [0.2, 0.25) is 5.95 Å². The number of nitrogens with zero attached hydrogens (tertiary/aromatic N) is 2. The number of halogens is 3. The van der Waals surface area contributed by atoms with Crippen molar-refractivity contribution in [2.24, 2.45) is 0 Å². The van der Waals surface area contributed by atoms with E-state index in [1.165, 1.54) is 13.2 Å². The highest BCUT2D eigenvalue weighted by atomic mass is 19.4. The summed E-state index contributed by atoms with van der Waals surface area (Å²) < 4.78 is 57.2. The fourth-order valence-electron chi connectivity index (χ4n) is 4.26. The molecule has 0 amide bonds. The van der Waals surface area contributed by atoms with Gasteiger partial charge in [-0.3, -0.25) is 0 Å². The summed E-state index contributed by atoms with van der Waals surface area (Å²) in [5, 5.41) is 9.65. The van der Waals surface area contributed by atoms with E-state index in [9.17, 15) is 13.2 Å². The van der Waals surface area contributed by atoms with Gasteiger partial charge in [0.15, 0.2) is 5.82 Å². The van der Waals surface area contributed by atoms with E-state index in [4.69, 9.17) is 14.2 Å². The largest absolute Gasteiger partial charge is 0.497 e. The number of hydrogen-bond donors (Lipinski definition) is 3. The van der Waals surface area contributed by atoms with Crippen molar-refractivity contribution in [2.45, 2.75) is 39.0 Å². The first-order valence-corrected chi connectivity index (χ1v) is 13.3. The molecule has 0 saturated heterocycles. The Hall–Kier alpha value is -4.67. The van der Waals surface area contributed by atoms with Crippen LogP contribution in [0.25, 0.3) is 0 Å². The molecule has 0 unspecified atom stereocenters. The molecule has 3 aromatic carbocycles. The number of alkyl halides is 3. The van der Waals surface area contributed by atoms with Crippen molar-refractivity contribution < 1.29 is 27.4 Å². The highest BCUT2D eigenvalue weighted by molar-refractivity contribution is 5.74. The van der Waals surface area contributed by atoms with Crippen molar-refractivity contribution in [1.82, 2.24) is 9.97 Å². The number of aromatic nitrogens is 2. The van der Waals surface area contributed by atoms with Crippen LogP contribution in [-0.4, -0.2) is 31.3 Å². The minimum Gasteiger partial charge on any atom is -0.497 e. The van der Waals surface area contributed by atoms with Gasteiger partial charge in [-0.2, -0.15) is 18.2 Å². The SMILES string of the molecule is COc1ccc(CNc2ncc(Nc3cc(C(F)(F)F)c(OC)cc3C(C)C)c(NCc3ccc(OC)cc3)n2)cc1. The van der Waals surface area contributed by atoms with Gasteiger partial charge < -0.3 is 30.2 Å². The molecular formula is C31H34F3N5O3. The Morgan fingerprint density at radius 1 is 0.762 bits per heavy atom. The third kappa shape index (κ3) is 7.54. The minimum atomic E-state index is -4.60. The summed E-state index contributed by atoms with van der Waals surface area (Å²) in [7, 11) is 4.44. The molecule has 0 aliphatic heterocycles. The molecule has 0 saturated carbocycles. The standard InChI is InChI=1S/C31H34F3N5O3/c1-19(2)24-14-28(42-5)25(31(32,33)34)15-26(24)38-27-18-37-30(36-17-21-8-12-23(41-4)13-9-21)39-29(27)35-16-20-6-10-22(40-3)11-7-20/h6-15,18-19,38H,16-17H2,1-5H3,(H2,35,36,37,39). The molecule has 0 bridgehead atoms. The third-order valence-electron chi connectivity index (χ3n) is 6.59. The van der Waals surface area contributed by atoms with E-state index >= 15 is 0 Å². The molecule has 1 aromatic heterocycles. The maximum atomic E-state index is 13.9. The van der Waals surface area contributed by atoms with Crippen LogP contribution in [-0.2, 0) is 19.3 Å². The van der Waals surface area contributed by atoms with Crippen LogP contribution in [0.3, 0.4) is 0 Å². The zero-order valence-electron chi connectivity index (χ0n) is 24.1. The van der Waals surface area contributed by atoms with Crippen molar-refractivity contribution in [3.8, 4) is 17.2 Å². The first-order chi connectivity index (χ1) is 20.1. The minimum absolute atomic E-state index is 0.0919. The predicted octanol–water partition coefficient (Wildman–Crippen LogP) is 7.61. The van der Waals surface area contributed by atoms with Gasteiger partial charge in [-0.1, -0.05) is 38.1 Å². The van der Waals surface area contributed by atoms with Gasteiger partial charge in [0.05, 0.1) is 33.1 Å². The fourth-order valence-corrected chi connectivity index (χ4v) is 4.26. The van der Waals surface area contributed by atoms with Gasteiger partial charge in [-0.15, -0.1) is 0 Å². The summed E-state index contributed by atoms with van der Waals surface area (Å²) >= 11 is 0. The van der Waals surface area contributed by atoms with Crippen molar-refractivity contribution in [3.05, 3.63) is 89.1 Å². The van der Waals surface area contributed by atoms with E-state index in [1.54, 1.807) is 20.4 Å². The van der Waals surface area contributed by atoms with Gasteiger partial charge >= 0.3 is 6.18 Å². The summed E-state index contributed by atoms with van der Waals surface area (Å²) in [4.78, 5) is 9.08. The predicted molar refractivity (Wildman–Crippen MR) is 158 cm³/mol. The number of nitrogens with one attached hydrogen (secondary N) is 3. The van der Waals surface area contributed by atoms with E-state index in [0.29, 0.717) is 36.1 Å². The molecule has 0 aliphatic carbocycles. The van der Waals surface area contributed by atoms with E-state index in [-0.39, 0.29) is 17.4 Å². The molecule has 0 fully saturated rings. The molecular weight excluding hydrogens is 547 g/mol. The molecule has 0 spiro atoms. The second-order valence-corrected chi connectivity index (χ2v) is 9.78. The summed E-state index contributed by atoms with van der Waals surface area (Å²) in [6, 6.07) is 17.6. The Labute approximate surface area is 243 Å². The molecule has 0 radical (unpaired) electrons. The quantitative estimate of drug-likeness (QED) is 0.158. The summed E-state index contributed by atoms with van der Waals surface area (Å²) in [5.41, 5.74) is 2.44. The molecule has 11 heteroatoms.